The molecule has 8 heteroatoms. The number of carbonyl (C=O) groups is 1. The van der Waals surface area contributed by atoms with Crippen molar-refractivity contribution in [2.24, 2.45) is 5.10 Å². The van der Waals surface area contributed by atoms with Gasteiger partial charge in [-0.2, -0.15) is 18.4 Å². The average molecular weight is 376 g/mol. The van der Waals surface area contributed by atoms with Crippen LogP contribution in [-0.2, 0) is 21.2 Å². The summed E-state index contributed by atoms with van der Waals surface area (Å²) in [5.41, 5.74) is 2.42. The van der Waals surface area contributed by atoms with Gasteiger partial charge in [0.2, 0.25) is 0 Å². The number of methoxy groups -OCH3 is 1. The Hall–Kier alpha value is -2.87. The largest absolute Gasteiger partial charge is 0.496 e. The fourth-order valence-corrected chi connectivity index (χ4v) is 3.12. The van der Waals surface area contributed by atoms with Gasteiger partial charge >= 0.3 is 5.97 Å². The van der Waals surface area contributed by atoms with Crippen LogP contribution in [0.5, 0.6) is 5.75 Å². The molecule has 0 aliphatic heterocycles. The van der Waals surface area contributed by atoms with Crippen molar-refractivity contribution in [3.63, 3.8) is 0 Å². The Balaban J connectivity index is 2.26. The van der Waals surface area contributed by atoms with Crippen molar-refractivity contribution >= 4 is 21.7 Å². The van der Waals surface area contributed by atoms with E-state index < -0.39 is 16.0 Å². The Morgan fingerprint density at radius 1 is 1.19 bits per heavy atom. The number of hydrazone groups is 1. The monoisotopic (exact) mass is 376 g/mol. The zero-order valence-electron chi connectivity index (χ0n) is 14.7. The molecular weight excluding hydrogens is 356 g/mol. The second kappa shape index (κ2) is 8.01. The predicted octanol–water partition coefficient (Wildman–Crippen LogP) is 2.33. The molecule has 0 aliphatic rings. The number of carboxylic acids is 1. The minimum Gasteiger partial charge on any atom is -0.496 e. The molecule has 0 unspecified atom stereocenters. The van der Waals surface area contributed by atoms with E-state index in [-0.39, 0.29) is 11.3 Å². The molecular formula is C18H20N2O5S. The standard InChI is InChI=1S/C18H20N2O5S/c1-12-4-7-16(8-5-12)26(23,24)20-19-13(2)14-6-9-17(25-3)15(10-14)11-18(21)22/h4-10,20H,11H2,1-3H3,(H,21,22)/b19-13-. The van der Waals surface area contributed by atoms with Gasteiger partial charge in [0.15, 0.2) is 0 Å². The average Bonchev–Trinajstić information content (AvgIpc) is 2.59. The number of carboxylic acid groups (broad SMARTS) is 1. The van der Waals surface area contributed by atoms with Crippen LogP contribution in [-0.4, -0.2) is 32.3 Å². The lowest BCUT2D eigenvalue weighted by atomic mass is 10.0. The van der Waals surface area contributed by atoms with Crippen LogP contribution in [0.15, 0.2) is 52.5 Å². The van der Waals surface area contributed by atoms with Gasteiger partial charge in [0.05, 0.1) is 24.1 Å². The number of hydrogen-bond donors (Lipinski definition) is 2. The van der Waals surface area contributed by atoms with Gasteiger partial charge in [-0.25, -0.2) is 0 Å². The van der Waals surface area contributed by atoms with Crippen LogP contribution in [0, 0.1) is 6.92 Å². The van der Waals surface area contributed by atoms with Crippen molar-refractivity contribution < 1.29 is 23.1 Å². The van der Waals surface area contributed by atoms with Crippen molar-refractivity contribution in [1.82, 2.24) is 4.83 Å². The van der Waals surface area contributed by atoms with E-state index in [2.05, 4.69) is 9.93 Å². The number of aliphatic carboxylic acids is 1. The summed E-state index contributed by atoms with van der Waals surface area (Å²) in [5.74, 6) is -0.542. The van der Waals surface area contributed by atoms with Crippen LogP contribution in [0.4, 0.5) is 0 Å². The molecule has 0 radical (unpaired) electrons. The van der Waals surface area contributed by atoms with E-state index >= 15 is 0 Å². The Morgan fingerprint density at radius 2 is 1.85 bits per heavy atom. The first-order chi connectivity index (χ1) is 12.2. The van der Waals surface area contributed by atoms with Crippen LogP contribution in [0.3, 0.4) is 0 Å². The van der Waals surface area contributed by atoms with Crippen molar-refractivity contribution in [2.45, 2.75) is 25.2 Å². The summed E-state index contributed by atoms with van der Waals surface area (Å²) in [7, 11) is -2.32. The van der Waals surface area contributed by atoms with Gasteiger partial charge in [-0.3, -0.25) is 4.79 Å². The molecule has 2 rings (SSSR count). The predicted molar refractivity (Wildman–Crippen MR) is 98.0 cm³/mol. The maximum absolute atomic E-state index is 12.3. The van der Waals surface area contributed by atoms with E-state index in [1.165, 1.54) is 19.2 Å². The first kappa shape index (κ1) is 19.5. The molecule has 0 saturated heterocycles. The third-order valence-electron chi connectivity index (χ3n) is 3.70. The summed E-state index contributed by atoms with van der Waals surface area (Å²) in [6.07, 6.45) is -0.209. The lowest BCUT2D eigenvalue weighted by molar-refractivity contribution is -0.136. The Bertz CT molecular complexity index is 935. The normalized spacial score (nSPS) is 11.9. The highest BCUT2D eigenvalue weighted by Crippen LogP contribution is 2.21. The lowest BCUT2D eigenvalue weighted by Gasteiger charge is -2.10. The van der Waals surface area contributed by atoms with Gasteiger partial charge in [0, 0.05) is 5.56 Å². The quantitative estimate of drug-likeness (QED) is 0.570. The summed E-state index contributed by atoms with van der Waals surface area (Å²) in [6.45, 7) is 3.49. The van der Waals surface area contributed by atoms with E-state index in [4.69, 9.17) is 9.84 Å². The first-order valence-electron chi connectivity index (χ1n) is 7.75. The van der Waals surface area contributed by atoms with Crippen LogP contribution < -0.4 is 9.57 Å². The lowest BCUT2D eigenvalue weighted by Crippen LogP contribution is -2.20. The smallest absolute Gasteiger partial charge is 0.307 e. The fourth-order valence-electron chi connectivity index (χ4n) is 2.27. The van der Waals surface area contributed by atoms with Crippen molar-refractivity contribution in [2.75, 3.05) is 7.11 Å². The number of nitrogens with one attached hydrogen (secondary N) is 1. The number of benzene rings is 2. The van der Waals surface area contributed by atoms with Crippen molar-refractivity contribution in [3.05, 3.63) is 59.2 Å². The fraction of sp³-hybridized carbons (Fsp3) is 0.222. The van der Waals surface area contributed by atoms with Crippen molar-refractivity contribution in [3.8, 4) is 5.75 Å². The SMILES string of the molecule is COc1ccc(/C(C)=N\NS(=O)(=O)c2ccc(C)cc2)cc1CC(=O)O. The Labute approximate surface area is 152 Å². The van der Waals surface area contributed by atoms with Gasteiger partial charge in [-0.05, 0) is 49.7 Å². The molecule has 0 spiro atoms. The van der Waals surface area contributed by atoms with Gasteiger partial charge in [0.25, 0.3) is 10.0 Å². The number of sulfonamides is 1. The maximum Gasteiger partial charge on any atom is 0.307 e. The first-order valence-corrected chi connectivity index (χ1v) is 9.23. The maximum atomic E-state index is 12.3. The van der Waals surface area contributed by atoms with Gasteiger partial charge in [0.1, 0.15) is 5.75 Å². The number of rotatable bonds is 7. The number of aryl methyl sites for hydroxylation is 1. The van der Waals surface area contributed by atoms with Crippen LogP contribution in [0.1, 0.15) is 23.6 Å². The van der Waals surface area contributed by atoms with Gasteiger partial charge in [-0.15, -0.1) is 0 Å². The molecule has 7 nitrogen and oxygen atoms in total. The molecule has 138 valence electrons. The molecule has 0 saturated carbocycles. The number of hydrogen-bond acceptors (Lipinski definition) is 5. The Morgan fingerprint density at radius 3 is 2.42 bits per heavy atom. The van der Waals surface area contributed by atoms with E-state index in [9.17, 15) is 13.2 Å². The second-order valence-electron chi connectivity index (χ2n) is 5.70. The molecule has 0 amide bonds. The molecule has 0 bridgehead atoms. The molecule has 0 aliphatic carbocycles. The third kappa shape index (κ3) is 4.82. The molecule has 0 aromatic heterocycles. The van der Waals surface area contributed by atoms with Crippen LogP contribution in [0.25, 0.3) is 0 Å². The zero-order chi connectivity index (χ0) is 19.3. The van der Waals surface area contributed by atoms with E-state index in [0.29, 0.717) is 22.6 Å². The minimum atomic E-state index is -3.78. The zero-order valence-corrected chi connectivity index (χ0v) is 15.5. The highest BCUT2D eigenvalue weighted by atomic mass is 32.2. The summed E-state index contributed by atoms with van der Waals surface area (Å²) in [6, 6.07) is 11.3. The summed E-state index contributed by atoms with van der Waals surface area (Å²) in [5, 5.41) is 12.9. The molecule has 0 heterocycles. The molecule has 26 heavy (non-hydrogen) atoms. The number of nitrogens with zero attached hydrogens (tertiary/aromatic N) is 1. The summed E-state index contributed by atoms with van der Waals surface area (Å²) in [4.78, 5) is 13.3. The van der Waals surface area contributed by atoms with E-state index in [1.807, 2.05) is 6.92 Å². The van der Waals surface area contributed by atoms with Gasteiger partial charge < -0.3 is 9.84 Å². The highest BCUT2D eigenvalue weighted by molar-refractivity contribution is 7.89. The molecule has 2 N–H and O–H groups in total. The van der Waals surface area contributed by atoms with E-state index in [1.54, 1.807) is 37.3 Å². The topological polar surface area (TPSA) is 105 Å². The number of ether oxygens (including phenoxy) is 1. The molecule has 2 aromatic rings. The Kier molecular flexibility index (Phi) is 5.99. The van der Waals surface area contributed by atoms with Gasteiger partial charge in [-0.1, -0.05) is 17.7 Å². The van der Waals surface area contributed by atoms with E-state index in [0.717, 1.165) is 5.56 Å². The molecule has 0 atom stereocenters. The summed E-state index contributed by atoms with van der Waals surface area (Å²) >= 11 is 0. The highest BCUT2D eigenvalue weighted by Gasteiger charge is 2.14. The van der Waals surface area contributed by atoms with Crippen molar-refractivity contribution in [1.29, 1.82) is 0 Å². The second-order valence-corrected chi connectivity index (χ2v) is 7.36. The minimum absolute atomic E-state index is 0.112. The summed E-state index contributed by atoms with van der Waals surface area (Å²) < 4.78 is 29.7. The van der Waals surface area contributed by atoms with Crippen LogP contribution >= 0.6 is 0 Å². The third-order valence-corrected chi connectivity index (χ3v) is 4.93. The van der Waals surface area contributed by atoms with Crippen LogP contribution in [0.2, 0.25) is 0 Å². The molecule has 2 aromatic carbocycles. The molecule has 0 fully saturated rings.